The zero-order valence-electron chi connectivity index (χ0n) is 19.7. The summed E-state index contributed by atoms with van der Waals surface area (Å²) in [6, 6.07) is 17.3. The first-order valence-corrected chi connectivity index (χ1v) is 11.0. The zero-order valence-corrected chi connectivity index (χ0v) is 19.7. The van der Waals surface area contributed by atoms with Crippen molar-refractivity contribution in [2.45, 2.75) is 20.8 Å². The predicted molar refractivity (Wildman–Crippen MR) is 133 cm³/mol. The van der Waals surface area contributed by atoms with Gasteiger partial charge in [0.1, 0.15) is 11.6 Å². The third-order valence-corrected chi connectivity index (χ3v) is 4.68. The van der Waals surface area contributed by atoms with E-state index in [1.807, 2.05) is 94.4 Å². The highest BCUT2D eigenvalue weighted by Crippen LogP contribution is 2.31. The zero-order chi connectivity index (χ0) is 23.5. The van der Waals surface area contributed by atoms with Crippen molar-refractivity contribution in [3.8, 4) is 28.0 Å². The number of nitrogen functional groups attached to an aromatic ring is 1. The number of hydrogen-bond acceptors (Lipinski definition) is 5. The van der Waals surface area contributed by atoms with Crippen molar-refractivity contribution < 1.29 is 9.53 Å². The van der Waals surface area contributed by atoms with Crippen LogP contribution >= 0.6 is 0 Å². The molecule has 0 bridgehead atoms. The Labute approximate surface area is 191 Å². The summed E-state index contributed by atoms with van der Waals surface area (Å²) in [5, 5.41) is 2.94. The molecule has 0 unspecified atom stereocenters. The fraction of sp³-hybridized carbons (Fsp3) is 0.308. The summed E-state index contributed by atoms with van der Waals surface area (Å²) in [6.07, 6.45) is 1.73. The van der Waals surface area contributed by atoms with Gasteiger partial charge in [-0.15, -0.1) is 0 Å². The van der Waals surface area contributed by atoms with Crippen molar-refractivity contribution >= 4 is 11.7 Å². The molecule has 0 spiro atoms. The second kappa shape index (κ2) is 12.5. The van der Waals surface area contributed by atoms with Gasteiger partial charge in [0.2, 0.25) is 0 Å². The van der Waals surface area contributed by atoms with Crippen LogP contribution in [0.1, 0.15) is 31.1 Å². The van der Waals surface area contributed by atoms with E-state index in [0.717, 1.165) is 34.5 Å². The maximum atomic E-state index is 12.5. The fourth-order valence-corrected chi connectivity index (χ4v) is 3.12. The molecule has 0 radical (unpaired) electrons. The van der Waals surface area contributed by atoms with Crippen LogP contribution in [0.3, 0.4) is 0 Å². The second-order valence-corrected chi connectivity index (χ2v) is 7.26. The molecule has 2 aromatic carbocycles. The van der Waals surface area contributed by atoms with Crippen molar-refractivity contribution in [2.24, 2.45) is 0 Å². The summed E-state index contributed by atoms with van der Waals surface area (Å²) in [5.74, 6) is 1.15. The minimum atomic E-state index is -0.0910. The highest BCUT2D eigenvalue weighted by atomic mass is 16.5. The van der Waals surface area contributed by atoms with Crippen LogP contribution in [0.2, 0.25) is 0 Å². The van der Waals surface area contributed by atoms with E-state index >= 15 is 0 Å². The molecule has 0 aliphatic heterocycles. The fourth-order valence-electron chi connectivity index (χ4n) is 3.12. The number of pyridine rings is 1. The molecule has 32 heavy (non-hydrogen) atoms. The van der Waals surface area contributed by atoms with E-state index in [9.17, 15) is 4.79 Å². The number of aromatic nitrogens is 1. The van der Waals surface area contributed by atoms with Crippen LogP contribution in [-0.2, 0) is 0 Å². The molecule has 3 aromatic rings. The Morgan fingerprint density at radius 1 is 1.03 bits per heavy atom. The molecular weight excluding hydrogens is 400 g/mol. The second-order valence-electron chi connectivity index (χ2n) is 7.26. The molecule has 3 N–H and O–H groups in total. The Morgan fingerprint density at radius 2 is 1.75 bits per heavy atom. The van der Waals surface area contributed by atoms with Crippen LogP contribution in [0, 0.1) is 0 Å². The number of amides is 1. The van der Waals surface area contributed by atoms with Crippen LogP contribution < -0.4 is 15.8 Å². The Hall–Kier alpha value is -3.38. The molecule has 1 heterocycles. The molecule has 0 atom stereocenters. The van der Waals surface area contributed by atoms with Gasteiger partial charge in [-0.05, 0) is 62.5 Å². The van der Waals surface area contributed by atoms with Gasteiger partial charge in [0, 0.05) is 36.0 Å². The number of benzene rings is 2. The largest absolute Gasteiger partial charge is 0.494 e. The van der Waals surface area contributed by atoms with Crippen molar-refractivity contribution in [1.82, 2.24) is 15.2 Å². The molecule has 0 aliphatic carbocycles. The standard InChI is InChI=1S/C24H28N4O2.C2H6/c1-4-30-21-10-6-8-18(14-21)22-15-20(16-27-23(22)25)17-7-5-9-19(13-17)24(29)26-11-12-28(2)3;1-2/h5-10,13-16H,4,11-12H2,1-3H3,(H2,25,27)(H,26,29);1-2H3. The summed E-state index contributed by atoms with van der Waals surface area (Å²) >= 11 is 0. The third kappa shape index (κ3) is 6.82. The molecule has 3 rings (SSSR count). The van der Waals surface area contributed by atoms with Gasteiger partial charge >= 0.3 is 0 Å². The summed E-state index contributed by atoms with van der Waals surface area (Å²) in [4.78, 5) is 18.9. The van der Waals surface area contributed by atoms with Gasteiger partial charge in [-0.3, -0.25) is 4.79 Å². The average Bonchev–Trinajstić information content (AvgIpc) is 2.81. The summed E-state index contributed by atoms with van der Waals surface area (Å²) < 4.78 is 5.60. The minimum Gasteiger partial charge on any atom is -0.494 e. The number of anilines is 1. The van der Waals surface area contributed by atoms with Gasteiger partial charge in [0.05, 0.1) is 6.61 Å². The van der Waals surface area contributed by atoms with Crippen molar-refractivity contribution in [3.05, 3.63) is 66.4 Å². The van der Waals surface area contributed by atoms with Crippen LogP contribution in [0.25, 0.3) is 22.3 Å². The van der Waals surface area contributed by atoms with E-state index in [4.69, 9.17) is 10.5 Å². The SMILES string of the molecule is CC.CCOc1cccc(-c2cc(-c3cccc(C(=O)NCCN(C)C)c3)cnc2N)c1. The Kier molecular flexibility index (Phi) is 9.70. The number of rotatable bonds is 8. The smallest absolute Gasteiger partial charge is 0.251 e. The van der Waals surface area contributed by atoms with Gasteiger partial charge in [-0.2, -0.15) is 0 Å². The molecule has 1 amide bonds. The van der Waals surface area contributed by atoms with Gasteiger partial charge in [-0.25, -0.2) is 4.98 Å². The lowest BCUT2D eigenvalue weighted by Crippen LogP contribution is -2.31. The van der Waals surface area contributed by atoms with Crippen LogP contribution in [0.15, 0.2) is 60.8 Å². The van der Waals surface area contributed by atoms with Crippen molar-refractivity contribution in [2.75, 3.05) is 39.5 Å². The van der Waals surface area contributed by atoms with Gasteiger partial charge in [0.15, 0.2) is 0 Å². The number of nitrogens with zero attached hydrogens (tertiary/aromatic N) is 2. The first-order chi connectivity index (χ1) is 15.5. The van der Waals surface area contributed by atoms with Crippen LogP contribution in [0.4, 0.5) is 5.82 Å². The molecule has 0 fully saturated rings. The molecular formula is C26H34N4O2. The van der Waals surface area contributed by atoms with E-state index in [1.165, 1.54) is 0 Å². The van der Waals surface area contributed by atoms with E-state index < -0.39 is 0 Å². The summed E-state index contributed by atoms with van der Waals surface area (Å²) in [6.45, 7) is 7.94. The normalized spacial score (nSPS) is 10.3. The molecule has 0 saturated carbocycles. The minimum absolute atomic E-state index is 0.0910. The Bertz CT molecular complexity index is 1020. The van der Waals surface area contributed by atoms with Crippen molar-refractivity contribution in [3.63, 3.8) is 0 Å². The third-order valence-electron chi connectivity index (χ3n) is 4.68. The van der Waals surface area contributed by atoms with Crippen molar-refractivity contribution in [1.29, 1.82) is 0 Å². The molecule has 1 aromatic heterocycles. The highest BCUT2D eigenvalue weighted by Gasteiger charge is 2.11. The lowest BCUT2D eigenvalue weighted by Gasteiger charge is -2.12. The topological polar surface area (TPSA) is 80.5 Å². The van der Waals surface area contributed by atoms with Crippen LogP contribution in [0.5, 0.6) is 5.75 Å². The molecule has 6 nitrogen and oxygen atoms in total. The Morgan fingerprint density at radius 3 is 2.47 bits per heavy atom. The molecule has 0 aliphatic rings. The number of nitrogens with two attached hydrogens (primary N) is 1. The van der Waals surface area contributed by atoms with E-state index in [1.54, 1.807) is 6.20 Å². The van der Waals surface area contributed by atoms with Gasteiger partial charge in [0.25, 0.3) is 5.91 Å². The summed E-state index contributed by atoms with van der Waals surface area (Å²) in [7, 11) is 3.95. The summed E-state index contributed by atoms with van der Waals surface area (Å²) in [5.41, 5.74) is 10.3. The van der Waals surface area contributed by atoms with Gasteiger partial charge in [-0.1, -0.05) is 38.1 Å². The number of carbonyl (C=O) groups is 1. The number of carbonyl (C=O) groups excluding carboxylic acids is 1. The maximum Gasteiger partial charge on any atom is 0.251 e. The first kappa shape index (κ1) is 24.9. The number of hydrogen-bond donors (Lipinski definition) is 2. The average molecular weight is 435 g/mol. The molecule has 0 saturated heterocycles. The highest BCUT2D eigenvalue weighted by molar-refractivity contribution is 5.95. The number of nitrogens with one attached hydrogen (secondary N) is 1. The van der Waals surface area contributed by atoms with E-state index in [0.29, 0.717) is 24.5 Å². The number of likely N-dealkylation sites (N-methyl/N-ethyl adjacent to an activating group) is 1. The number of ether oxygens (including phenoxy) is 1. The lowest BCUT2D eigenvalue weighted by molar-refractivity contribution is 0.0951. The maximum absolute atomic E-state index is 12.5. The Balaban J connectivity index is 0.00000176. The lowest BCUT2D eigenvalue weighted by atomic mass is 9.99. The van der Waals surface area contributed by atoms with E-state index in [-0.39, 0.29) is 5.91 Å². The van der Waals surface area contributed by atoms with Crippen LogP contribution in [-0.4, -0.2) is 49.6 Å². The monoisotopic (exact) mass is 434 g/mol. The molecule has 6 heteroatoms. The van der Waals surface area contributed by atoms with E-state index in [2.05, 4.69) is 10.3 Å². The first-order valence-electron chi connectivity index (χ1n) is 11.0. The molecule has 170 valence electrons. The van der Waals surface area contributed by atoms with Gasteiger partial charge < -0.3 is 20.7 Å². The quantitative estimate of drug-likeness (QED) is 0.536. The predicted octanol–water partition coefficient (Wildman–Crippen LogP) is 4.71.